The molecule has 0 aromatic rings. The average molecular weight is 272 g/mol. The standard InChI is InChI=1S/C15H32N2O2/c1-5-13(2)15-12-17(14(3)11-16-15)7-6-8-19-10-9-18-4/h13-16H,5-12H2,1-4H3. The van der Waals surface area contributed by atoms with Gasteiger partial charge in [-0.2, -0.15) is 0 Å². The molecule has 1 fully saturated rings. The Morgan fingerprint density at radius 3 is 2.79 bits per heavy atom. The predicted octanol–water partition coefficient (Wildman–Crippen LogP) is 1.75. The molecule has 0 aromatic heterocycles. The summed E-state index contributed by atoms with van der Waals surface area (Å²) in [4.78, 5) is 2.60. The van der Waals surface area contributed by atoms with Crippen LogP contribution in [0.3, 0.4) is 0 Å². The second-order valence-corrected chi connectivity index (χ2v) is 5.70. The number of nitrogens with zero attached hydrogens (tertiary/aromatic N) is 1. The molecule has 0 radical (unpaired) electrons. The Labute approximate surface area is 118 Å². The van der Waals surface area contributed by atoms with E-state index in [0.29, 0.717) is 25.3 Å². The summed E-state index contributed by atoms with van der Waals surface area (Å²) in [5.41, 5.74) is 0. The molecular formula is C15H32N2O2. The summed E-state index contributed by atoms with van der Waals surface area (Å²) in [6.45, 7) is 12.6. The number of rotatable bonds is 9. The lowest BCUT2D eigenvalue weighted by molar-refractivity contribution is 0.0569. The summed E-state index contributed by atoms with van der Waals surface area (Å²) in [5, 5.41) is 3.68. The van der Waals surface area contributed by atoms with Crippen LogP contribution in [0.4, 0.5) is 0 Å². The molecule has 114 valence electrons. The molecule has 1 aliphatic rings. The van der Waals surface area contributed by atoms with Crippen molar-refractivity contribution >= 4 is 0 Å². The van der Waals surface area contributed by atoms with Crippen LogP contribution in [0, 0.1) is 5.92 Å². The number of ether oxygens (including phenoxy) is 2. The lowest BCUT2D eigenvalue weighted by atomic mass is 9.95. The summed E-state index contributed by atoms with van der Waals surface area (Å²) < 4.78 is 10.5. The smallest absolute Gasteiger partial charge is 0.0700 e. The molecule has 3 unspecified atom stereocenters. The van der Waals surface area contributed by atoms with Gasteiger partial charge in [-0.05, 0) is 19.3 Å². The maximum Gasteiger partial charge on any atom is 0.0700 e. The van der Waals surface area contributed by atoms with Crippen LogP contribution in [0.1, 0.15) is 33.6 Å². The normalized spacial score (nSPS) is 26.5. The van der Waals surface area contributed by atoms with Crippen molar-refractivity contribution in [1.82, 2.24) is 10.2 Å². The fourth-order valence-corrected chi connectivity index (χ4v) is 2.54. The first-order chi connectivity index (χ1) is 9.19. The van der Waals surface area contributed by atoms with E-state index >= 15 is 0 Å². The van der Waals surface area contributed by atoms with Crippen LogP contribution in [0.25, 0.3) is 0 Å². The number of piperazine rings is 1. The van der Waals surface area contributed by atoms with E-state index in [-0.39, 0.29) is 0 Å². The van der Waals surface area contributed by atoms with E-state index in [4.69, 9.17) is 9.47 Å². The van der Waals surface area contributed by atoms with Gasteiger partial charge in [0.15, 0.2) is 0 Å². The zero-order chi connectivity index (χ0) is 14.1. The van der Waals surface area contributed by atoms with Gasteiger partial charge in [0.05, 0.1) is 13.2 Å². The van der Waals surface area contributed by atoms with E-state index in [2.05, 4.69) is 31.0 Å². The van der Waals surface area contributed by atoms with Gasteiger partial charge in [0.25, 0.3) is 0 Å². The van der Waals surface area contributed by atoms with E-state index < -0.39 is 0 Å². The molecule has 1 saturated heterocycles. The third-order valence-electron chi connectivity index (χ3n) is 4.23. The molecule has 4 heteroatoms. The van der Waals surface area contributed by atoms with Crippen molar-refractivity contribution in [3.05, 3.63) is 0 Å². The van der Waals surface area contributed by atoms with Gasteiger partial charge in [-0.25, -0.2) is 0 Å². The third-order valence-corrected chi connectivity index (χ3v) is 4.23. The maximum atomic E-state index is 5.53. The zero-order valence-corrected chi connectivity index (χ0v) is 13.2. The number of hydrogen-bond donors (Lipinski definition) is 1. The minimum atomic E-state index is 0.638. The van der Waals surface area contributed by atoms with Crippen molar-refractivity contribution in [2.75, 3.05) is 46.6 Å². The zero-order valence-electron chi connectivity index (χ0n) is 13.2. The van der Waals surface area contributed by atoms with Crippen molar-refractivity contribution in [2.45, 2.75) is 45.7 Å². The van der Waals surface area contributed by atoms with Gasteiger partial charge in [0.1, 0.15) is 0 Å². The SMILES string of the molecule is CCC(C)C1CN(CCCOCCOC)C(C)CN1. The predicted molar refractivity (Wildman–Crippen MR) is 79.6 cm³/mol. The summed E-state index contributed by atoms with van der Waals surface area (Å²) in [5.74, 6) is 0.757. The molecule has 0 amide bonds. The Morgan fingerprint density at radius 1 is 1.32 bits per heavy atom. The van der Waals surface area contributed by atoms with E-state index in [0.717, 1.165) is 32.0 Å². The minimum absolute atomic E-state index is 0.638. The van der Waals surface area contributed by atoms with Gasteiger partial charge in [-0.1, -0.05) is 20.3 Å². The van der Waals surface area contributed by atoms with Gasteiger partial charge in [0.2, 0.25) is 0 Å². The van der Waals surface area contributed by atoms with Crippen LogP contribution in [-0.2, 0) is 9.47 Å². The van der Waals surface area contributed by atoms with E-state index in [1.165, 1.54) is 13.0 Å². The maximum absolute atomic E-state index is 5.53. The molecule has 1 N–H and O–H groups in total. The average Bonchev–Trinajstić information content (AvgIpc) is 2.43. The molecule has 1 rings (SSSR count). The van der Waals surface area contributed by atoms with Crippen molar-refractivity contribution < 1.29 is 9.47 Å². The van der Waals surface area contributed by atoms with Crippen LogP contribution >= 0.6 is 0 Å². The Bertz CT molecular complexity index is 226. The Morgan fingerprint density at radius 2 is 2.11 bits per heavy atom. The minimum Gasteiger partial charge on any atom is -0.382 e. The quantitative estimate of drug-likeness (QED) is 0.648. The van der Waals surface area contributed by atoms with Gasteiger partial charge in [-0.15, -0.1) is 0 Å². The Hall–Kier alpha value is -0.160. The summed E-state index contributed by atoms with van der Waals surface area (Å²) in [6, 6.07) is 1.29. The summed E-state index contributed by atoms with van der Waals surface area (Å²) in [7, 11) is 1.71. The van der Waals surface area contributed by atoms with Gasteiger partial charge >= 0.3 is 0 Å². The molecule has 1 aliphatic heterocycles. The molecule has 1 heterocycles. The van der Waals surface area contributed by atoms with Crippen molar-refractivity contribution in [3.63, 3.8) is 0 Å². The van der Waals surface area contributed by atoms with Crippen LogP contribution in [0.15, 0.2) is 0 Å². The monoisotopic (exact) mass is 272 g/mol. The molecule has 0 spiro atoms. The topological polar surface area (TPSA) is 33.7 Å². The highest BCUT2D eigenvalue weighted by Gasteiger charge is 2.26. The third kappa shape index (κ3) is 6.21. The van der Waals surface area contributed by atoms with E-state index in [1.54, 1.807) is 7.11 Å². The Balaban J connectivity index is 2.19. The summed E-state index contributed by atoms with van der Waals surface area (Å²) >= 11 is 0. The first-order valence-electron chi connectivity index (χ1n) is 7.73. The largest absolute Gasteiger partial charge is 0.382 e. The lowest BCUT2D eigenvalue weighted by Crippen LogP contribution is -2.57. The Kier molecular flexibility index (Phi) is 8.62. The highest BCUT2D eigenvalue weighted by Crippen LogP contribution is 2.15. The van der Waals surface area contributed by atoms with Crippen LogP contribution in [-0.4, -0.2) is 63.5 Å². The lowest BCUT2D eigenvalue weighted by Gasteiger charge is -2.41. The first kappa shape index (κ1) is 16.9. The number of nitrogens with one attached hydrogen (secondary N) is 1. The van der Waals surface area contributed by atoms with Crippen LogP contribution in [0.2, 0.25) is 0 Å². The van der Waals surface area contributed by atoms with E-state index in [1.807, 2.05) is 0 Å². The highest BCUT2D eigenvalue weighted by atomic mass is 16.5. The van der Waals surface area contributed by atoms with Crippen molar-refractivity contribution in [1.29, 1.82) is 0 Å². The summed E-state index contributed by atoms with van der Waals surface area (Å²) in [6.07, 6.45) is 2.36. The van der Waals surface area contributed by atoms with Gasteiger partial charge in [-0.3, -0.25) is 4.90 Å². The molecule has 0 saturated carbocycles. The fraction of sp³-hybridized carbons (Fsp3) is 1.00. The number of hydrogen-bond acceptors (Lipinski definition) is 4. The number of methoxy groups -OCH3 is 1. The molecule has 3 atom stereocenters. The second-order valence-electron chi connectivity index (χ2n) is 5.70. The van der Waals surface area contributed by atoms with Crippen molar-refractivity contribution in [2.24, 2.45) is 5.92 Å². The molecule has 4 nitrogen and oxygen atoms in total. The van der Waals surface area contributed by atoms with Crippen LogP contribution < -0.4 is 5.32 Å². The highest BCUT2D eigenvalue weighted by molar-refractivity contribution is 4.86. The fourth-order valence-electron chi connectivity index (χ4n) is 2.54. The first-order valence-corrected chi connectivity index (χ1v) is 7.73. The molecule has 0 bridgehead atoms. The van der Waals surface area contributed by atoms with Crippen LogP contribution in [0.5, 0.6) is 0 Å². The molecular weight excluding hydrogens is 240 g/mol. The molecule has 19 heavy (non-hydrogen) atoms. The van der Waals surface area contributed by atoms with E-state index in [9.17, 15) is 0 Å². The van der Waals surface area contributed by atoms with Gasteiger partial charge < -0.3 is 14.8 Å². The van der Waals surface area contributed by atoms with Crippen molar-refractivity contribution in [3.8, 4) is 0 Å². The molecule has 0 aromatic carbocycles. The van der Waals surface area contributed by atoms with Gasteiger partial charge in [0, 0.05) is 45.4 Å². The molecule has 0 aliphatic carbocycles. The second kappa shape index (κ2) is 9.70.